The van der Waals surface area contributed by atoms with E-state index in [0.717, 1.165) is 24.1 Å². The lowest BCUT2D eigenvalue weighted by Gasteiger charge is -2.02. The standard InChI is InChI=1S/C11H14N4O/c1-6(2)9-10-8(11(16)13-12-9)5-15(14-10)7-3-4-7/h5-7H,3-4H2,1-2H3,(H,13,16). The minimum absolute atomic E-state index is 0.147. The van der Waals surface area contributed by atoms with Gasteiger partial charge in [0, 0.05) is 6.20 Å². The first kappa shape index (κ1) is 9.57. The molecule has 0 spiro atoms. The number of H-pyrrole nitrogens is 1. The van der Waals surface area contributed by atoms with Gasteiger partial charge in [-0.15, -0.1) is 0 Å². The van der Waals surface area contributed by atoms with Gasteiger partial charge in [0.25, 0.3) is 5.56 Å². The van der Waals surface area contributed by atoms with Gasteiger partial charge >= 0.3 is 0 Å². The molecule has 0 unspecified atom stereocenters. The Morgan fingerprint density at radius 3 is 2.88 bits per heavy atom. The van der Waals surface area contributed by atoms with E-state index in [1.807, 2.05) is 10.9 Å². The van der Waals surface area contributed by atoms with Crippen molar-refractivity contribution in [2.45, 2.75) is 38.6 Å². The average Bonchev–Trinajstić information content (AvgIpc) is 2.98. The third-order valence-electron chi connectivity index (χ3n) is 2.96. The van der Waals surface area contributed by atoms with E-state index >= 15 is 0 Å². The minimum Gasteiger partial charge on any atom is -0.268 e. The third-order valence-corrected chi connectivity index (χ3v) is 2.96. The highest BCUT2D eigenvalue weighted by Gasteiger charge is 2.26. The number of nitrogens with zero attached hydrogens (tertiary/aromatic N) is 3. The molecule has 0 aromatic carbocycles. The fourth-order valence-corrected chi connectivity index (χ4v) is 1.90. The molecule has 0 amide bonds. The first-order valence-corrected chi connectivity index (χ1v) is 5.64. The summed E-state index contributed by atoms with van der Waals surface area (Å²) in [6.45, 7) is 4.10. The SMILES string of the molecule is CC(C)c1n[nH]c(=O)c2cn(C3CC3)nc12. The van der Waals surface area contributed by atoms with Crippen molar-refractivity contribution in [2.75, 3.05) is 0 Å². The zero-order valence-electron chi connectivity index (χ0n) is 9.40. The van der Waals surface area contributed by atoms with Crippen LogP contribution < -0.4 is 5.56 Å². The van der Waals surface area contributed by atoms with Gasteiger partial charge in [0.1, 0.15) is 5.52 Å². The number of aromatic amines is 1. The highest BCUT2D eigenvalue weighted by Crippen LogP contribution is 2.35. The van der Waals surface area contributed by atoms with E-state index in [2.05, 4.69) is 29.1 Å². The highest BCUT2D eigenvalue weighted by atomic mass is 16.1. The van der Waals surface area contributed by atoms with Crippen LogP contribution in [0.1, 0.15) is 44.3 Å². The molecule has 16 heavy (non-hydrogen) atoms. The van der Waals surface area contributed by atoms with Crippen LogP contribution in [0.4, 0.5) is 0 Å². The first-order chi connectivity index (χ1) is 7.66. The van der Waals surface area contributed by atoms with Crippen molar-refractivity contribution in [3.8, 4) is 0 Å². The summed E-state index contributed by atoms with van der Waals surface area (Å²) in [6.07, 6.45) is 4.17. The van der Waals surface area contributed by atoms with Crippen LogP contribution in [-0.2, 0) is 0 Å². The van der Waals surface area contributed by atoms with Crippen molar-refractivity contribution in [2.24, 2.45) is 0 Å². The Morgan fingerprint density at radius 1 is 1.50 bits per heavy atom. The normalized spacial score (nSPS) is 16.2. The van der Waals surface area contributed by atoms with Crippen molar-refractivity contribution < 1.29 is 0 Å². The molecular formula is C11H14N4O. The first-order valence-electron chi connectivity index (χ1n) is 5.64. The second kappa shape index (κ2) is 3.17. The van der Waals surface area contributed by atoms with Gasteiger partial charge in [0.15, 0.2) is 0 Å². The molecule has 2 aromatic rings. The lowest BCUT2D eigenvalue weighted by molar-refractivity contribution is 0.646. The summed E-state index contributed by atoms with van der Waals surface area (Å²) in [4.78, 5) is 11.6. The largest absolute Gasteiger partial charge is 0.275 e. The predicted molar refractivity (Wildman–Crippen MR) is 60.5 cm³/mol. The Labute approximate surface area is 92.5 Å². The molecule has 0 bridgehead atoms. The van der Waals surface area contributed by atoms with Gasteiger partial charge in [-0.1, -0.05) is 13.8 Å². The summed E-state index contributed by atoms with van der Waals surface area (Å²) in [5.74, 6) is 0.266. The quantitative estimate of drug-likeness (QED) is 0.832. The van der Waals surface area contributed by atoms with Crippen molar-refractivity contribution in [1.82, 2.24) is 20.0 Å². The molecule has 2 heterocycles. The van der Waals surface area contributed by atoms with Crippen LogP contribution in [0, 0.1) is 0 Å². The summed E-state index contributed by atoms with van der Waals surface area (Å²) < 4.78 is 1.91. The Balaban J connectivity index is 2.29. The average molecular weight is 218 g/mol. The molecule has 0 radical (unpaired) electrons. The Morgan fingerprint density at radius 2 is 2.25 bits per heavy atom. The fourth-order valence-electron chi connectivity index (χ4n) is 1.90. The smallest absolute Gasteiger partial charge is 0.268 e. The number of rotatable bonds is 2. The number of nitrogens with one attached hydrogen (secondary N) is 1. The summed E-state index contributed by atoms with van der Waals surface area (Å²) in [7, 11) is 0. The maximum absolute atomic E-state index is 11.6. The molecule has 3 rings (SSSR count). The van der Waals surface area contributed by atoms with Crippen LogP contribution in [0.3, 0.4) is 0 Å². The lowest BCUT2D eigenvalue weighted by atomic mass is 10.1. The second-order valence-corrected chi connectivity index (χ2v) is 4.70. The molecule has 1 fully saturated rings. The molecule has 2 aromatic heterocycles. The van der Waals surface area contributed by atoms with Gasteiger partial charge in [-0.2, -0.15) is 10.2 Å². The van der Waals surface area contributed by atoms with Crippen molar-refractivity contribution in [1.29, 1.82) is 0 Å². The van der Waals surface area contributed by atoms with Gasteiger partial charge < -0.3 is 0 Å². The molecular weight excluding hydrogens is 204 g/mol. The monoisotopic (exact) mass is 218 g/mol. The van der Waals surface area contributed by atoms with Crippen LogP contribution in [0.2, 0.25) is 0 Å². The minimum atomic E-state index is -0.147. The lowest BCUT2D eigenvalue weighted by Crippen LogP contribution is -2.10. The topological polar surface area (TPSA) is 63.6 Å². The summed E-state index contributed by atoms with van der Waals surface area (Å²) in [5, 5.41) is 11.8. The number of fused-ring (bicyclic) bond motifs is 1. The van der Waals surface area contributed by atoms with Crippen LogP contribution in [0.5, 0.6) is 0 Å². The molecule has 0 atom stereocenters. The summed E-state index contributed by atoms with van der Waals surface area (Å²) in [5.41, 5.74) is 1.48. The van der Waals surface area contributed by atoms with Crippen LogP contribution in [-0.4, -0.2) is 20.0 Å². The van der Waals surface area contributed by atoms with E-state index in [4.69, 9.17) is 0 Å². The van der Waals surface area contributed by atoms with Crippen molar-refractivity contribution in [3.05, 3.63) is 22.2 Å². The van der Waals surface area contributed by atoms with E-state index in [9.17, 15) is 4.79 Å². The molecule has 1 N–H and O–H groups in total. The Bertz CT molecular complexity index is 592. The van der Waals surface area contributed by atoms with E-state index in [1.165, 1.54) is 0 Å². The molecule has 84 valence electrons. The second-order valence-electron chi connectivity index (χ2n) is 4.70. The maximum atomic E-state index is 11.6. The Hall–Kier alpha value is -1.65. The number of hydrogen-bond acceptors (Lipinski definition) is 3. The molecule has 5 nitrogen and oxygen atoms in total. The van der Waals surface area contributed by atoms with E-state index in [-0.39, 0.29) is 11.5 Å². The van der Waals surface area contributed by atoms with Crippen LogP contribution in [0.25, 0.3) is 10.9 Å². The number of hydrogen-bond donors (Lipinski definition) is 1. The zero-order chi connectivity index (χ0) is 11.3. The van der Waals surface area contributed by atoms with E-state index < -0.39 is 0 Å². The van der Waals surface area contributed by atoms with E-state index in [0.29, 0.717) is 11.4 Å². The predicted octanol–water partition coefficient (Wildman–Crippen LogP) is 1.58. The molecule has 0 saturated heterocycles. The van der Waals surface area contributed by atoms with Crippen molar-refractivity contribution >= 4 is 10.9 Å². The molecule has 0 aliphatic heterocycles. The Kier molecular flexibility index (Phi) is 1.89. The molecule has 1 aliphatic rings. The number of aromatic nitrogens is 4. The van der Waals surface area contributed by atoms with Gasteiger partial charge in [-0.3, -0.25) is 9.48 Å². The van der Waals surface area contributed by atoms with Gasteiger partial charge in [0.05, 0.1) is 17.1 Å². The fraction of sp³-hybridized carbons (Fsp3) is 0.545. The molecule has 1 aliphatic carbocycles. The van der Waals surface area contributed by atoms with Gasteiger partial charge in [0.2, 0.25) is 0 Å². The molecule has 5 heteroatoms. The van der Waals surface area contributed by atoms with Crippen molar-refractivity contribution in [3.63, 3.8) is 0 Å². The zero-order valence-corrected chi connectivity index (χ0v) is 9.40. The third kappa shape index (κ3) is 1.35. The van der Waals surface area contributed by atoms with Gasteiger partial charge in [-0.05, 0) is 18.8 Å². The summed E-state index contributed by atoms with van der Waals surface area (Å²) in [6, 6.07) is 0.492. The summed E-state index contributed by atoms with van der Waals surface area (Å²) >= 11 is 0. The van der Waals surface area contributed by atoms with Crippen LogP contribution in [0.15, 0.2) is 11.0 Å². The van der Waals surface area contributed by atoms with Gasteiger partial charge in [-0.25, -0.2) is 5.10 Å². The highest BCUT2D eigenvalue weighted by molar-refractivity contribution is 5.79. The van der Waals surface area contributed by atoms with Crippen LogP contribution >= 0.6 is 0 Å². The molecule has 1 saturated carbocycles. The maximum Gasteiger partial charge on any atom is 0.275 e. The van der Waals surface area contributed by atoms with E-state index in [1.54, 1.807) is 0 Å².